The number of halogens is 4. The minimum atomic E-state index is -1.67. The van der Waals surface area contributed by atoms with Gasteiger partial charge in [0.2, 0.25) is 0 Å². The van der Waals surface area contributed by atoms with Crippen LogP contribution in [0.15, 0.2) is 49.1 Å². The van der Waals surface area contributed by atoms with Crippen LogP contribution in [0.4, 0.5) is 17.6 Å². The zero-order chi connectivity index (χ0) is 18.6. The molecule has 0 radical (unpaired) electrons. The molecule has 0 saturated carbocycles. The Kier molecular flexibility index (Phi) is 5.98. The second-order valence-electron chi connectivity index (χ2n) is 5.94. The second-order valence-corrected chi connectivity index (χ2v) is 5.94. The van der Waals surface area contributed by atoms with E-state index in [0.29, 0.717) is 12.1 Å². The molecule has 2 aromatic carbocycles. The Labute approximate surface area is 143 Å². The van der Waals surface area contributed by atoms with Crippen molar-refractivity contribution in [3.05, 3.63) is 83.4 Å². The van der Waals surface area contributed by atoms with Crippen LogP contribution in [0.25, 0.3) is 0 Å². The molecule has 0 bridgehead atoms. The third-order valence-corrected chi connectivity index (χ3v) is 3.98. The molecule has 2 nitrogen and oxygen atoms in total. The summed E-state index contributed by atoms with van der Waals surface area (Å²) in [6.07, 6.45) is -0.0519. The van der Waals surface area contributed by atoms with Crippen molar-refractivity contribution in [2.24, 2.45) is 0 Å². The van der Waals surface area contributed by atoms with Crippen LogP contribution in [0.5, 0.6) is 0 Å². The molecule has 0 saturated heterocycles. The van der Waals surface area contributed by atoms with E-state index in [1.165, 1.54) is 6.08 Å². The summed E-state index contributed by atoms with van der Waals surface area (Å²) >= 11 is 0. The van der Waals surface area contributed by atoms with Gasteiger partial charge in [-0.1, -0.05) is 6.08 Å². The largest absolute Gasteiger partial charge is 0.388 e. The van der Waals surface area contributed by atoms with E-state index in [1.54, 1.807) is 0 Å². The molecule has 2 N–H and O–H groups in total. The van der Waals surface area contributed by atoms with Crippen molar-refractivity contribution in [1.82, 2.24) is 0 Å². The number of aliphatic hydroxyl groups is 2. The fourth-order valence-corrected chi connectivity index (χ4v) is 2.74. The van der Waals surface area contributed by atoms with Crippen LogP contribution in [-0.2, 0) is 5.60 Å². The van der Waals surface area contributed by atoms with Crippen LogP contribution in [0.3, 0.4) is 0 Å². The molecule has 134 valence electrons. The SMILES string of the molecule is C=CC[C@@](O)(CC[C@@H](O)c1cc(F)cc(F)c1)c1cc(F)cc(F)c1. The number of benzene rings is 2. The van der Waals surface area contributed by atoms with Gasteiger partial charge in [0, 0.05) is 12.1 Å². The minimum absolute atomic E-state index is 0.00234. The standard InChI is InChI=1S/C19H18F4O2/c1-2-4-19(25,13-8-16(22)11-17(23)9-13)5-3-18(24)12-6-14(20)10-15(21)7-12/h2,6-11,18,24-25H,1,3-5H2/t18-,19-/m1/s1. The van der Waals surface area contributed by atoms with Crippen molar-refractivity contribution in [2.75, 3.05) is 0 Å². The molecule has 0 fully saturated rings. The molecule has 2 aromatic rings. The Hall–Kier alpha value is -2.18. The van der Waals surface area contributed by atoms with E-state index < -0.39 is 35.0 Å². The van der Waals surface area contributed by atoms with E-state index in [1.807, 2.05) is 0 Å². The van der Waals surface area contributed by atoms with Crippen LogP contribution >= 0.6 is 0 Å². The Morgan fingerprint density at radius 1 is 0.920 bits per heavy atom. The van der Waals surface area contributed by atoms with Crippen molar-refractivity contribution in [3.8, 4) is 0 Å². The normalized spacial score (nSPS) is 14.8. The van der Waals surface area contributed by atoms with Crippen LogP contribution in [-0.4, -0.2) is 10.2 Å². The van der Waals surface area contributed by atoms with E-state index in [-0.39, 0.29) is 30.4 Å². The quantitative estimate of drug-likeness (QED) is 0.567. The average Bonchev–Trinajstić information content (AvgIpc) is 2.51. The lowest BCUT2D eigenvalue weighted by atomic mass is 9.84. The molecule has 0 amide bonds. The van der Waals surface area contributed by atoms with E-state index >= 15 is 0 Å². The number of rotatable bonds is 7. The van der Waals surface area contributed by atoms with E-state index in [2.05, 4.69) is 6.58 Å². The van der Waals surface area contributed by atoms with Crippen molar-refractivity contribution in [3.63, 3.8) is 0 Å². The van der Waals surface area contributed by atoms with Gasteiger partial charge in [-0.25, -0.2) is 17.6 Å². The Bertz CT molecular complexity index is 723. The minimum Gasteiger partial charge on any atom is -0.388 e. The lowest BCUT2D eigenvalue weighted by Crippen LogP contribution is -2.26. The fraction of sp³-hybridized carbons (Fsp3) is 0.263. The van der Waals surface area contributed by atoms with Crippen molar-refractivity contribution in [2.45, 2.75) is 31.0 Å². The number of hydrogen-bond acceptors (Lipinski definition) is 2. The molecule has 6 heteroatoms. The summed E-state index contributed by atoms with van der Waals surface area (Å²) < 4.78 is 53.4. The van der Waals surface area contributed by atoms with Gasteiger partial charge >= 0.3 is 0 Å². The monoisotopic (exact) mass is 354 g/mol. The highest BCUT2D eigenvalue weighted by Gasteiger charge is 2.30. The zero-order valence-corrected chi connectivity index (χ0v) is 13.4. The predicted octanol–water partition coefficient (Wildman–Crippen LogP) is 4.52. The maximum Gasteiger partial charge on any atom is 0.126 e. The lowest BCUT2D eigenvalue weighted by Gasteiger charge is -2.29. The van der Waals surface area contributed by atoms with E-state index in [4.69, 9.17) is 0 Å². The molecule has 0 heterocycles. The first-order chi connectivity index (χ1) is 11.7. The van der Waals surface area contributed by atoms with Crippen molar-refractivity contribution >= 4 is 0 Å². The molecule has 0 aliphatic rings. The van der Waals surface area contributed by atoms with Crippen LogP contribution in [0.1, 0.15) is 36.5 Å². The summed E-state index contributed by atoms with van der Waals surface area (Å²) in [6.45, 7) is 3.52. The van der Waals surface area contributed by atoms with Gasteiger partial charge in [-0.2, -0.15) is 0 Å². The molecule has 0 spiro atoms. The molecule has 2 atom stereocenters. The van der Waals surface area contributed by atoms with Gasteiger partial charge < -0.3 is 10.2 Å². The molecule has 0 aliphatic carbocycles. The topological polar surface area (TPSA) is 40.5 Å². The summed E-state index contributed by atoms with van der Waals surface area (Å²) in [5.41, 5.74) is -1.65. The lowest BCUT2D eigenvalue weighted by molar-refractivity contribution is 0.0131. The van der Waals surface area contributed by atoms with Gasteiger partial charge in [0.1, 0.15) is 23.3 Å². The van der Waals surface area contributed by atoms with Gasteiger partial charge in [0.05, 0.1) is 11.7 Å². The summed E-state index contributed by atoms with van der Waals surface area (Å²) in [5, 5.41) is 20.9. The Morgan fingerprint density at radius 3 is 1.88 bits per heavy atom. The molecule has 0 aromatic heterocycles. The summed E-state index contributed by atoms with van der Waals surface area (Å²) in [7, 11) is 0. The van der Waals surface area contributed by atoms with Gasteiger partial charge in [-0.05, 0) is 54.7 Å². The Balaban J connectivity index is 2.22. The van der Waals surface area contributed by atoms with Crippen molar-refractivity contribution in [1.29, 1.82) is 0 Å². The zero-order valence-electron chi connectivity index (χ0n) is 13.4. The summed E-state index contributed by atoms with van der Waals surface area (Å²) in [4.78, 5) is 0. The first kappa shape index (κ1) is 19.1. The highest BCUT2D eigenvalue weighted by atomic mass is 19.1. The molecule has 25 heavy (non-hydrogen) atoms. The molecular weight excluding hydrogens is 336 g/mol. The van der Waals surface area contributed by atoms with Crippen LogP contribution in [0, 0.1) is 23.3 Å². The van der Waals surface area contributed by atoms with Crippen molar-refractivity contribution < 1.29 is 27.8 Å². The van der Waals surface area contributed by atoms with E-state index in [0.717, 1.165) is 24.3 Å². The Morgan fingerprint density at radius 2 is 1.40 bits per heavy atom. The number of aliphatic hydroxyl groups excluding tert-OH is 1. The van der Waals surface area contributed by atoms with Gasteiger partial charge in [0.25, 0.3) is 0 Å². The summed E-state index contributed by atoms with van der Waals surface area (Å²) in [6, 6.07) is 5.34. The second kappa shape index (κ2) is 7.80. The maximum absolute atomic E-state index is 13.4. The van der Waals surface area contributed by atoms with Gasteiger partial charge in [-0.3, -0.25) is 0 Å². The van der Waals surface area contributed by atoms with Crippen LogP contribution < -0.4 is 0 Å². The highest BCUT2D eigenvalue weighted by Crippen LogP contribution is 2.34. The predicted molar refractivity (Wildman–Crippen MR) is 85.6 cm³/mol. The first-order valence-corrected chi connectivity index (χ1v) is 7.67. The molecule has 0 aliphatic heterocycles. The van der Waals surface area contributed by atoms with Crippen LogP contribution in [0.2, 0.25) is 0 Å². The molecular formula is C19H18F4O2. The average molecular weight is 354 g/mol. The van der Waals surface area contributed by atoms with Gasteiger partial charge in [0.15, 0.2) is 0 Å². The number of hydrogen-bond donors (Lipinski definition) is 2. The van der Waals surface area contributed by atoms with Gasteiger partial charge in [-0.15, -0.1) is 6.58 Å². The maximum atomic E-state index is 13.4. The third-order valence-electron chi connectivity index (χ3n) is 3.98. The molecule has 0 unspecified atom stereocenters. The summed E-state index contributed by atoms with van der Waals surface area (Å²) in [5.74, 6) is -3.35. The fourth-order valence-electron chi connectivity index (χ4n) is 2.74. The third kappa shape index (κ3) is 4.90. The smallest absolute Gasteiger partial charge is 0.126 e. The highest BCUT2D eigenvalue weighted by molar-refractivity contribution is 5.26. The first-order valence-electron chi connectivity index (χ1n) is 7.67. The molecule has 2 rings (SSSR count). The van der Waals surface area contributed by atoms with E-state index in [9.17, 15) is 27.8 Å².